The quantitative estimate of drug-likeness (QED) is 0.830. The molecule has 3 N–H and O–H groups in total. The van der Waals surface area contributed by atoms with Crippen molar-refractivity contribution in [3.8, 4) is 0 Å². The van der Waals surface area contributed by atoms with Crippen molar-refractivity contribution in [2.45, 2.75) is 25.8 Å². The molecule has 0 radical (unpaired) electrons. The molecule has 0 spiro atoms. The second-order valence-corrected chi connectivity index (χ2v) is 5.46. The van der Waals surface area contributed by atoms with E-state index in [1.165, 1.54) is 0 Å². The summed E-state index contributed by atoms with van der Waals surface area (Å²) in [5.74, 6) is -0.130. The molecule has 0 saturated carbocycles. The summed E-state index contributed by atoms with van der Waals surface area (Å²) < 4.78 is 0. The molecule has 0 aliphatic carbocycles. The lowest BCUT2D eigenvalue weighted by molar-refractivity contribution is -0.127. The third-order valence-corrected chi connectivity index (χ3v) is 3.61. The molecule has 1 fully saturated rings. The summed E-state index contributed by atoms with van der Waals surface area (Å²) in [6.07, 6.45) is 1.49. The number of carbonyl (C=O) groups is 2. The van der Waals surface area contributed by atoms with Crippen molar-refractivity contribution in [2.24, 2.45) is 0 Å². The Labute approximate surface area is 123 Å². The van der Waals surface area contributed by atoms with E-state index in [0.29, 0.717) is 29.2 Å². The first kappa shape index (κ1) is 14.7. The summed E-state index contributed by atoms with van der Waals surface area (Å²) in [6.45, 7) is 3.15. The number of anilines is 1. The number of carbonyl (C=O) groups excluding carboxylic acids is 2. The minimum absolute atomic E-state index is 0.137. The van der Waals surface area contributed by atoms with Gasteiger partial charge in [-0.3, -0.25) is 9.59 Å². The normalized spacial score (nSPS) is 16.3. The van der Waals surface area contributed by atoms with Gasteiger partial charge < -0.3 is 16.0 Å². The molecule has 108 valence electrons. The third kappa shape index (κ3) is 3.42. The first-order valence-corrected chi connectivity index (χ1v) is 6.99. The van der Waals surface area contributed by atoms with E-state index in [9.17, 15) is 9.59 Å². The second kappa shape index (κ2) is 6.13. The molecule has 2 rings (SSSR count). The van der Waals surface area contributed by atoms with Crippen LogP contribution >= 0.6 is 11.6 Å². The van der Waals surface area contributed by atoms with Crippen molar-refractivity contribution in [3.63, 3.8) is 0 Å². The molecule has 1 aromatic rings. The fourth-order valence-corrected chi connectivity index (χ4v) is 2.50. The summed E-state index contributed by atoms with van der Waals surface area (Å²) in [6, 6.07) is 4.65. The van der Waals surface area contributed by atoms with E-state index >= 15 is 0 Å². The zero-order valence-corrected chi connectivity index (χ0v) is 12.1. The van der Waals surface area contributed by atoms with E-state index < -0.39 is 0 Å². The highest BCUT2D eigenvalue weighted by molar-refractivity contribution is 6.34. The van der Waals surface area contributed by atoms with Gasteiger partial charge >= 0.3 is 0 Å². The zero-order valence-electron chi connectivity index (χ0n) is 11.4. The molecular weight excluding hydrogens is 278 g/mol. The van der Waals surface area contributed by atoms with Gasteiger partial charge in [0, 0.05) is 31.2 Å². The molecule has 0 aromatic heterocycles. The highest BCUT2D eigenvalue weighted by atomic mass is 35.5. The number of nitrogen functional groups attached to an aromatic ring is 1. The molecule has 1 unspecified atom stereocenters. The van der Waals surface area contributed by atoms with Gasteiger partial charge in [-0.15, -0.1) is 0 Å². The second-order valence-electron chi connectivity index (χ2n) is 5.06. The summed E-state index contributed by atoms with van der Waals surface area (Å²) in [4.78, 5) is 25.4. The first-order valence-electron chi connectivity index (χ1n) is 6.61. The molecule has 1 aliphatic heterocycles. The van der Waals surface area contributed by atoms with Gasteiger partial charge in [0.25, 0.3) is 5.91 Å². The zero-order chi connectivity index (χ0) is 14.7. The number of nitrogens with two attached hydrogens (primary N) is 1. The first-order chi connectivity index (χ1) is 9.47. The molecular formula is C14H18ClN3O2. The molecule has 1 atom stereocenters. The maximum absolute atomic E-state index is 12.1. The lowest BCUT2D eigenvalue weighted by atomic mass is 10.1. The van der Waals surface area contributed by atoms with Gasteiger partial charge in [0.2, 0.25) is 5.91 Å². The molecule has 20 heavy (non-hydrogen) atoms. The number of rotatable bonds is 4. The summed E-state index contributed by atoms with van der Waals surface area (Å²) >= 11 is 5.99. The van der Waals surface area contributed by atoms with E-state index in [0.717, 1.165) is 13.0 Å². The molecule has 2 amide bonds. The minimum atomic E-state index is -0.276. The van der Waals surface area contributed by atoms with Crippen LogP contribution in [0.25, 0.3) is 0 Å². The van der Waals surface area contributed by atoms with E-state index in [1.807, 2.05) is 6.92 Å². The van der Waals surface area contributed by atoms with Crippen LogP contribution < -0.4 is 11.1 Å². The minimum Gasteiger partial charge on any atom is -0.399 e. The standard InChI is InChI=1S/C14H18ClN3O2/c1-9(8-18-6-2-3-13(18)19)17-14(20)11-7-10(16)4-5-12(11)15/h4-5,7,9H,2-3,6,8,16H2,1H3,(H,17,20). The summed E-state index contributed by atoms with van der Waals surface area (Å²) in [5.41, 5.74) is 6.50. The Hall–Kier alpha value is -1.75. The molecule has 6 heteroatoms. The molecule has 0 bridgehead atoms. The van der Waals surface area contributed by atoms with Crippen molar-refractivity contribution < 1.29 is 9.59 Å². The van der Waals surface area contributed by atoms with Crippen LogP contribution in [0.15, 0.2) is 18.2 Å². The lowest BCUT2D eigenvalue weighted by Gasteiger charge is -2.21. The fourth-order valence-electron chi connectivity index (χ4n) is 2.29. The predicted octanol–water partition coefficient (Wildman–Crippen LogP) is 1.66. The van der Waals surface area contributed by atoms with Crippen LogP contribution in [-0.2, 0) is 4.79 Å². The van der Waals surface area contributed by atoms with Gasteiger partial charge in [0.1, 0.15) is 0 Å². The fraction of sp³-hybridized carbons (Fsp3) is 0.429. The van der Waals surface area contributed by atoms with E-state index in [2.05, 4.69) is 5.32 Å². The third-order valence-electron chi connectivity index (χ3n) is 3.28. The van der Waals surface area contributed by atoms with Crippen molar-refractivity contribution in [2.75, 3.05) is 18.8 Å². The van der Waals surface area contributed by atoms with Crippen LogP contribution in [0.3, 0.4) is 0 Å². The van der Waals surface area contributed by atoms with Crippen LogP contribution in [0.1, 0.15) is 30.1 Å². The van der Waals surface area contributed by atoms with Crippen LogP contribution in [0.2, 0.25) is 5.02 Å². The van der Waals surface area contributed by atoms with Gasteiger partial charge in [0.15, 0.2) is 0 Å². The van der Waals surface area contributed by atoms with Crippen molar-refractivity contribution in [3.05, 3.63) is 28.8 Å². The maximum Gasteiger partial charge on any atom is 0.253 e. The number of nitrogens with one attached hydrogen (secondary N) is 1. The maximum atomic E-state index is 12.1. The number of likely N-dealkylation sites (tertiary alicyclic amines) is 1. The average Bonchev–Trinajstić information content (AvgIpc) is 2.77. The number of amides is 2. The van der Waals surface area contributed by atoms with E-state index in [1.54, 1.807) is 23.1 Å². The van der Waals surface area contributed by atoms with Gasteiger partial charge in [-0.05, 0) is 31.5 Å². The highest BCUT2D eigenvalue weighted by Gasteiger charge is 2.23. The predicted molar refractivity (Wildman–Crippen MR) is 78.6 cm³/mol. The molecule has 1 saturated heterocycles. The largest absolute Gasteiger partial charge is 0.399 e. The van der Waals surface area contributed by atoms with Crippen molar-refractivity contribution in [1.82, 2.24) is 10.2 Å². The van der Waals surface area contributed by atoms with E-state index in [-0.39, 0.29) is 17.9 Å². The molecule has 5 nitrogen and oxygen atoms in total. The number of hydrogen-bond acceptors (Lipinski definition) is 3. The molecule has 1 aromatic carbocycles. The average molecular weight is 296 g/mol. The van der Waals surface area contributed by atoms with Crippen LogP contribution in [-0.4, -0.2) is 35.8 Å². The van der Waals surface area contributed by atoms with Crippen LogP contribution in [0.4, 0.5) is 5.69 Å². The van der Waals surface area contributed by atoms with Crippen LogP contribution in [0.5, 0.6) is 0 Å². The number of halogens is 1. The molecule has 1 heterocycles. The number of nitrogens with zero attached hydrogens (tertiary/aromatic N) is 1. The summed E-state index contributed by atoms with van der Waals surface area (Å²) in [7, 11) is 0. The van der Waals surface area contributed by atoms with Crippen molar-refractivity contribution >= 4 is 29.1 Å². The Morgan fingerprint density at radius 2 is 2.30 bits per heavy atom. The van der Waals surface area contributed by atoms with Gasteiger partial charge in [0.05, 0.1) is 10.6 Å². The Morgan fingerprint density at radius 3 is 2.95 bits per heavy atom. The Bertz CT molecular complexity index is 533. The molecule has 1 aliphatic rings. The summed E-state index contributed by atoms with van der Waals surface area (Å²) in [5, 5.41) is 3.20. The lowest BCUT2D eigenvalue weighted by Crippen LogP contribution is -2.42. The highest BCUT2D eigenvalue weighted by Crippen LogP contribution is 2.19. The Kier molecular flexibility index (Phi) is 4.49. The number of benzene rings is 1. The van der Waals surface area contributed by atoms with Gasteiger partial charge in [-0.25, -0.2) is 0 Å². The number of hydrogen-bond donors (Lipinski definition) is 2. The monoisotopic (exact) mass is 295 g/mol. The van der Waals surface area contributed by atoms with E-state index in [4.69, 9.17) is 17.3 Å². The van der Waals surface area contributed by atoms with Gasteiger partial charge in [-0.1, -0.05) is 11.6 Å². The topological polar surface area (TPSA) is 75.4 Å². The Balaban J connectivity index is 1.96. The Morgan fingerprint density at radius 1 is 1.55 bits per heavy atom. The SMILES string of the molecule is CC(CN1CCCC1=O)NC(=O)c1cc(N)ccc1Cl. The smallest absolute Gasteiger partial charge is 0.253 e. The van der Waals surface area contributed by atoms with Gasteiger partial charge in [-0.2, -0.15) is 0 Å². The van der Waals surface area contributed by atoms with Crippen molar-refractivity contribution in [1.29, 1.82) is 0 Å². The van der Waals surface area contributed by atoms with Crippen LogP contribution in [0, 0.1) is 0 Å².